The van der Waals surface area contributed by atoms with Gasteiger partial charge in [-0.25, -0.2) is 9.48 Å². The molecule has 0 bridgehead atoms. The van der Waals surface area contributed by atoms with E-state index in [4.69, 9.17) is 9.47 Å². The van der Waals surface area contributed by atoms with Gasteiger partial charge in [0.1, 0.15) is 18.5 Å². The molecule has 0 saturated carbocycles. The number of nitrogens with one attached hydrogen (secondary N) is 2. The molecule has 2 heterocycles. The van der Waals surface area contributed by atoms with E-state index in [1.54, 1.807) is 4.68 Å². The molecule has 0 spiro atoms. The standard InChI is InChI=1S/C29H37N5O4/c1-19-26(31-28(36)30-25-22-12-8-9-13-23(22)29(2,3)16-24(25)35)34(20-10-6-5-7-11-20)32-27(19)38-18-21-17-33(4)14-15-37-21/h5-13,21,24-25,35H,14-18H2,1-4H3,(H2,30,31,36)/t21-,24-,25-/m1/s1. The van der Waals surface area contributed by atoms with Crippen molar-refractivity contribution in [3.05, 3.63) is 71.3 Å². The van der Waals surface area contributed by atoms with E-state index < -0.39 is 18.2 Å². The first-order valence-corrected chi connectivity index (χ1v) is 13.2. The summed E-state index contributed by atoms with van der Waals surface area (Å²) in [6, 6.07) is 16.6. The summed E-state index contributed by atoms with van der Waals surface area (Å²) in [5, 5.41) is 21.7. The van der Waals surface area contributed by atoms with Gasteiger partial charge in [-0.3, -0.25) is 5.32 Å². The van der Waals surface area contributed by atoms with Gasteiger partial charge in [0.05, 0.1) is 30.0 Å². The van der Waals surface area contributed by atoms with Crippen LogP contribution in [0.2, 0.25) is 0 Å². The number of hydrogen-bond donors (Lipinski definition) is 3. The predicted molar refractivity (Wildman–Crippen MR) is 146 cm³/mol. The van der Waals surface area contributed by atoms with Crippen molar-refractivity contribution in [2.45, 2.75) is 50.9 Å². The number of aliphatic hydroxyl groups is 1. The number of aromatic nitrogens is 2. The van der Waals surface area contributed by atoms with Crippen LogP contribution in [0.5, 0.6) is 5.88 Å². The topological polar surface area (TPSA) is 101 Å². The van der Waals surface area contributed by atoms with E-state index in [0.717, 1.165) is 29.9 Å². The average molecular weight is 520 g/mol. The number of hydrogen-bond acceptors (Lipinski definition) is 6. The zero-order valence-corrected chi connectivity index (χ0v) is 22.5. The molecule has 0 unspecified atom stereocenters. The molecule has 2 aliphatic rings. The number of urea groups is 1. The Morgan fingerprint density at radius 3 is 2.68 bits per heavy atom. The normalized spacial score (nSPS) is 22.9. The molecule has 3 aromatic rings. The number of carbonyl (C=O) groups excluding carboxylic acids is 1. The third kappa shape index (κ3) is 5.41. The molecule has 0 radical (unpaired) electrons. The highest BCUT2D eigenvalue weighted by atomic mass is 16.5. The second-order valence-electron chi connectivity index (χ2n) is 10.9. The molecule has 1 aromatic heterocycles. The number of rotatable bonds is 6. The fourth-order valence-corrected chi connectivity index (χ4v) is 5.46. The van der Waals surface area contributed by atoms with Crippen LogP contribution in [0.4, 0.5) is 10.6 Å². The minimum atomic E-state index is -0.710. The summed E-state index contributed by atoms with van der Waals surface area (Å²) in [6.07, 6.45) is -0.211. The highest BCUT2D eigenvalue weighted by Crippen LogP contribution is 2.41. The third-order valence-electron chi connectivity index (χ3n) is 7.47. The van der Waals surface area contributed by atoms with Crippen molar-refractivity contribution in [2.75, 3.05) is 38.7 Å². The Kier molecular flexibility index (Phi) is 7.43. The Morgan fingerprint density at radius 2 is 1.92 bits per heavy atom. The molecule has 1 aliphatic heterocycles. The predicted octanol–water partition coefficient (Wildman–Crippen LogP) is 3.80. The maximum absolute atomic E-state index is 13.3. The van der Waals surface area contributed by atoms with Crippen molar-refractivity contribution in [3.63, 3.8) is 0 Å². The minimum absolute atomic E-state index is 0.0492. The molecule has 9 heteroatoms. The largest absolute Gasteiger partial charge is 0.474 e. The Morgan fingerprint density at radius 1 is 1.18 bits per heavy atom. The van der Waals surface area contributed by atoms with Gasteiger partial charge in [-0.15, -0.1) is 5.10 Å². The lowest BCUT2D eigenvalue weighted by Crippen LogP contribution is -2.45. The molecule has 3 atom stereocenters. The van der Waals surface area contributed by atoms with Crippen LogP contribution in [0.1, 0.15) is 43.0 Å². The van der Waals surface area contributed by atoms with Gasteiger partial charge in [0, 0.05) is 13.1 Å². The molecule has 202 valence electrons. The number of anilines is 1. The van der Waals surface area contributed by atoms with Crippen molar-refractivity contribution in [3.8, 4) is 11.6 Å². The van der Waals surface area contributed by atoms with Crippen LogP contribution in [0, 0.1) is 6.92 Å². The van der Waals surface area contributed by atoms with Crippen molar-refractivity contribution in [1.82, 2.24) is 20.0 Å². The number of nitrogens with zero attached hydrogens (tertiary/aromatic N) is 3. The fourth-order valence-electron chi connectivity index (χ4n) is 5.46. The fraction of sp³-hybridized carbons (Fsp3) is 0.448. The second-order valence-corrected chi connectivity index (χ2v) is 10.9. The van der Waals surface area contributed by atoms with Gasteiger partial charge in [0.25, 0.3) is 0 Å². The first-order valence-electron chi connectivity index (χ1n) is 13.2. The molecule has 2 amide bonds. The first-order chi connectivity index (χ1) is 18.2. The zero-order valence-electron chi connectivity index (χ0n) is 22.5. The Hall–Kier alpha value is -3.40. The Balaban J connectivity index is 1.38. The zero-order chi connectivity index (χ0) is 26.9. The lowest BCUT2D eigenvalue weighted by Gasteiger charge is -2.40. The average Bonchev–Trinajstić information content (AvgIpc) is 3.20. The molecular weight excluding hydrogens is 482 g/mol. The maximum atomic E-state index is 13.3. The second kappa shape index (κ2) is 10.8. The molecular formula is C29H37N5O4. The molecule has 38 heavy (non-hydrogen) atoms. The summed E-state index contributed by atoms with van der Waals surface area (Å²) in [5.41, 5.74) is 3.38. The third-order valence-corrected chi connectivity index (χ3v) is 7.47. The van der Waals surface area contributed by atoms with Crippen molar-refractivity contribution in [1.29, 1.82) is 0 Å². The molecule has 1 aliphatic carbocycles. The maximum Gasteiger partial charge on any atom is 0.320 e. The number of fused-ring (bicyclic) bond motifs is 1. The summed E-state index contributed by atoms with van der Waals surface area (Å²) in [6.45, 7) is 8.83. The molecule has 2 aromatic carbocycles. The van der Waals surface area contributed by atoms with Gasteiger partial charge in [0.2, 0.25) is 5.88 Å². The van der Waals surface area contributed by atoms with Crippen molar-refractivity contribution < 1.29 is 19.4 Å². The minimum Gasteiger partial charge on any atom is -0.474 e. The molecule has 1 fully saturated rings. The number of aliphatic hydroxyl groups excluding tert-OH is 1. The Labute approximate surface area is 223 Å². The van der Waals surface area contributed by atoms with E-state index in [1.165, 1.54) is 0 Å². The van der Waals surface area contributed by atoms with Gasteiger partial charge >= 0.3 is 6.03 Å². The van der Waals surface area contributed by atoms with E-state index in [2.05, 4.69) is 47.6 Å². The number of ether oxygens (including phenoxy) is 2. The van der Waals surface area contributed by atoms with Gasteiger partial charge in [0.15, 0.2) is 0 Å². The monoisotopic (exact) mass is 519 g/mol. The lowest BCUT2D eigenvalue weighted by molar-refractivity contribution is -0.0411. The van der Waals surface area contributed by atoms with Gasteiger partial charge in [-0.1, -0.05) is 56.3 Å². The van der Waals surface area contributed by atoms with Gasteiger partial charge < -0.3 is 24.8 Å². The number of morpholine rings is 1. The van der Waals surface area contributed by atoms with Crippen LogP contribution in [-0.2, 0) is 10.2 Å². The number of amides is 2. The van der Waals surface area contributed by atoms with Gasteiger partial charge in [-0.05, 0) is 49.1 Å². The number of carbonyl (C=O) groups is 1. The van der Waals surface area contributed by atoms with Crippen LogP contribution in [0.15, 0.2) is 54.6 Å². The van der Waals surface area contributed by atoms with E-state index in [9.17, 15) is 9.90 Å². The van der Waals surface area contributed by atoms with Crippen molar-refractivity contribution in [2.24, 2.45) is 0 Å². The summed E-state index contributed by atoms with van der Waals surface area (Å²) in [7, 11) is 2.06. The van der Waals surface area contributed by atoms with Crippen LogP contribution < -0.4 is 15.4 Å². The van der Waals surface area contributed by atoms with E-state index in [1.807, 2.05) is 55.5 Å². The molecule has 1 saturated heterocycles. The Bertz CT molecular complexity index is 1280. The first kappa shape index (κ1) is 26.2. The number of benzene rings is 2. The SMILES string of the molecule is Cc1c(OC[C@H]2CN(C)CCO2)nn(-c2ccccc2)c1NC(=O)N[C@@H]1c2ccccc2C(C)(C)C[C@H]1O. The van der Waals surface area contributed by atoms with Crippen LogP contribution in [0.3, 0.4) is 0 Å². The van der Waals surface area contributed by atoms with E-state index in [0.29, 0.717) is 36.9 Å². The summed E-state index contributed by atoms with van der Waals surface area (Å²) in [4.78, 5) is 15.6. The lowest BCUT2D eigenvalue weighted by atomic mass is 9.70. The highest BCUT2D eigenvalue weighted by Gasteiger charge is 2.39. The summed E-state index contributed by atoms with van der Waals surface area (Å²) < 4.78 is 13.6. The van der Waals surface area contributed by atoms with E-state index in [-0.39, 0.29) is 11.5 Å². The summed E-state index contributed by atoms with van der Waals surface area (Å²) >= 11 is 0. The van der Waals surface area contributed by atoms with Gasteiger partial charge in [-0.2, -0.15) is 0 Å². The molecule has 5 rings (SSSR count). The number of likely N-dealkylation sites (N-methyl/N-ethyl adjacent to an activating group) is 1. The van der Waals surface area contributed by atoms with Crippen LogP contribution >= 0.6 is 0 Å². The van der Waals surface area contributed by atoms with Crippen molar-refractivity contribution >= 4 is 11.8 Å². The number of para-hydroxylation sites is 1. The molecule has 3 N–H and O–H groups in total. The molecule has 9 nitrogen and oxygen atoms in total. The van der Waals surface area contributed by atoms with Crippen LogP contribution in [-0.4, -0.2) is 71.4 Å². The summed E-state index contributed by atoms with van der Waals surface area (Å²) in [5.74, 6) is 0.940. The van der Waals surface area contributed by atoms with E-state index >= 15 is 0 Å². The smallest absolute Gasteiger partial charge is 0.320 e. The highest BCUT2D eigenvalue weighted by molar-refractivity contribution is 5.90. The quantitative estimate of drug-likeness (QED) is 0.458. The van der Waals surface area contributed by atoms with Crippen LogP contribution in [0.25, 0.3) is 5.69 Å².